The van der Waals surface area contributed by atoms with E-state index in [0.29, 0.717) is 27.9 Å². The Morgan fingerprint density at radius 2 is 1.76 bits per heavy atom. The number of halogens is 2. The van der Waals surface area contributed by atoms with Crippen LogP contribution in [0.1, 0.15) is 15.2 Å². The van der Waals surface area contributed by atoms with Crippen molar-refractivity contribution in [2.24, 2.45) is 0 Å². The highest BCUT2D eigenvalue weighted by Gasteiger charge is 2.31. The standard InChI is InChI=1S/C16H16Cl2N2O3S2/c1-11-5-6-14(24-11)25(22,23)20-9-7-19(8-10-20)16(21)12-3-2-4-13(17)15(12)18/h2-6H,7-10H2,1H3. The Kier molecular flexibility index (Phi) is 5.41. The highest BCUT2D eigenvalue weighted by molar-refractivity contribution is 7.91. The van der Waals surface area contributed by atoms with Gasteiger partial charge in [0.05, 0.1) is 15.6 Å². The molecule has 1 aromatic carbocycles. The van der Waals surface area contributed by atoms with Crippen LogP contribution >= 0.6 is 34.5 Å². The predicted molar refractivity (Wildman–Crippen MR) is 100 cm³/mol. The maximum atomic E-state index is 12.6. The average molecular weight is 419 g/mol. The van der Waals surface area contributed by atoms with E-state index in [1.165, 1.54) is 15.6 Å². The molecule has 0 bridgehead atoms. The maximum absolute atomic E-state index is 12.6. The summed E-state index contributed by atoms with van der Waals surface area (Å²) in [5, 5.41) is 0.542. The fourth-order valence-electron chi connectivity index (χ4n) is 2.65. The first-order chi connectivity index (χ1) is 11.8. The fraction of sp³-hybridized carbons (Fsp3) is 0.312. The van der Waals surface area contributed by atoms with Crippen LogP contribution in [0.5, 0.6) is 0 Å². The van der Waals surface area contributed by atoms with Gasteiger partial charge in [0.1, 0.15) is 4.21 Å². The Labute approximate surface area is 160 Å². The second-order valence-corrected chi connectivity index (χ2v) is 9.90. The van der Waals surface area contributed by atoms with Crippen molar-refractivity contribution in [3.63, 3.8) is 0 Å². The van der Waals surface area contributed by atoms with Gasteiger partial charge in [0.25, 0.3) is 15.9 Å². The zero-order valence-corrected chi connectivity index (χ0v) is 16.6. The molecule has 134 valence electrons. The lowest BCUT2D eigenvalue weighted by atomic mass is 10.2. The zero-order valence-electron chi connectivity index (χ0n) is 13.4. The molecule has 5 nitrogen and oxygen atoms in total. The van der Waals surface area contributed by atoms with Crippen molar-refractivity contribution in [1.29, 1.82) is 0 Å². The summed E-state index contributed by atoms with van der Waals surface area (Å²) in [4.78, 5) is 15.2. The van der Waals surface area contributed by atoms with Crippen LogP contribution < -0.4 is 0 Å². The van der Waals surface area contributed by atoms with Gasteiger partial charge in [0, 0.05) is 31.1 Å². The molecular formula is C16H16Cl2N2O3S2. The van der Waals surface area contributed by atoms with Crippen LogP contribution in [0.25, 0.3) is 0 Å². The molecule has 0 spiro atoms. The summed E-state index contributed by atoms with van der Waals surface area (Å²) in [5.74, 6) is -0.239. The topological polar surface area (TPSA) is 57.7 Å². The molecule has 1 aromatic heterocycles. The molecule has 25 heavy (non-hydrogen) atoms. The van der Waals surface area contributed by atoms with E-state index in [-0.39, 0.29) is 24.0 Å². The van der Waals surface area contributed by atoms with Crippen LogP contribution in [0.2, 0.25) is 10.0 Å². The summed E-state index contributed by atoms with van der Waals surface area (Å²) in [6.07, 6.45) is 0. The Balaban J connectivity index is 1.71. The number of nitrogens with zero attached hydrogens (tertiary/aromatic N) is 2. The first-order valence-electron chi connectivity index (χ1n) is 7.60. The minimum atomic E-state index is -3.50. The van der Waals surface area contributed by atoms with E-state index in [0.717, 1.165) is 4.88 Å². The number of benzene rings is 1. The van der Waals surface area contributed by atoms with Gasteiger partial charge in [-0.1, -0.05) is 29.3 Å². The Morgan fingerprint density at radius 3 is 2.36 bits per heavy atom. The van der Waals surface area contributed by atoms with Crippen molar-refractivity contribution in [1.82, 2.24) is 9.21 Å². The third-order valence-electron chi connectivity index (χ3n) is 4.02. The zero-order chi connectivity index (χ0) is 18.2. The lowest BCUT2D eigenvalue weighted by Crippen LogP contribution is -2.50. The molecule has 0 aliphatic carbocycles. The van der Waals surface area contributed by atoms with E-state index in [2.05, 4.69) is 0 Å². The number of thiophene rings is 1. The second-order valence-electron chi connectivity index (χ2n) is 5.66. The molecule has 0 N–H and O–H groups in total. The Hall–Kier alpha value is -1.12. The van der Waals surface area contributed by atoms with Crippen LogP contribution in [-0.2, 0) is 10.0 Å². The molecule has 1 aliphatic rings. The Bertz CT molecular complexity index is 904. The smallest absolute Gasteiger partial charge is 0.255 e. The van der Waals surface area contributed by atoms with Gasteiger partial charge >= 0.3 is 0 Å². The minimum absolute atomic E-state index is 0.221. The largest absolute Gasteiger partial charge is 0.336 e. The number of carbonyl (C=O) groups excluding carboxylic acids is 1. The molecule has 1 aliphatic heterocycles. The minimum Gasteiger partial charge on any atom is -0.336 e. The lowest BCUT2D eigenvalue weighted by Gasteiger charge is -2.34. The van der Waals surface area contributed by atoms with Crippen LogP contribution in [0.15, 0.2) is 34.5 Å². The molecule has 0 atom stereocenters. The van der Waals surface area contributed by atoms with Gasteiger partial charge in [-0.2, -0.15) is 4.31 Å². The number of hydrogen-bond acceptors (Lipinski definition) is 4. The molecule has 1 amide bonds. The van der Waals surface area contributed by atoms with Gasteiger partial charge in [-0.15, -0.1) is 11.3 Å². The van der Waals surface area contributed by atoms with Crippen molar-refractivity contribution in [2.45, 2.75) is 11.1 Å². The SMILES string of the molecule is Cc1ccc(S(=O)(=O)N2CCN(C(=O)c3cccc(Cl)c3Cl)CC2)s1. The molecule has 3 rings (SSSR count). The molecule has 2 heterocycles. The molecule has 0 unspecified atom stereocenters. The Morgan fingerprint density at radius 1 is 1.08 bits per heavy atom. The number of amides is 1. The van der Waals surface area contributed by atoms with Crippen LogP contribution in [-0.4, -0.2) is 49.7 Å². The number of carbonyl (C=O) groups is 1. The summed E-state index contributed by atoms with van der Waals surface area (Å²) >= 11 is 13.3. The van der Waals surface area contributed by atoms with Gasteiger partial charge in [-0.3, -0.25) is 4.79 Å². The molecule has 9 heteroatoms. The van der Waals surface area contributed by atoms with E-state index in [1.807, 2.05) is 6.92 Å². The van der Waals surface area contributed by atoms with Gasteiger partial charge < -0.3 is 4.90 Å². The second kappa shape index (κ2) is 7.25. The number of sulfonamides is 1. The number of piperazine rings is 1. The van der Waals surface area contributed by atoms with E-state index < -0.39 is 10.0 Å². The summed E-state index contributed by atoms with van der Waals surface area (Å²) in [5.41, 5.74) is 0.333. The summed E-state index contributed by atoms with van der Waals surface area (Å²) < 4.78 is 27.0. The number of aryl methyl sites for hydroxylation is 1. The van der Waals surface area contributed by atoms with Crippen molar-refractivity contribution in [3.05, 3.63) is 50.8 Å². The van der Waals surface area contributed by atoms with Gasteiger partial charge in [0.15, 0.2) is 0 Å². The third kappa shape index (κ3) is 3.71. The van der Waals surface area contributed by atoms with E-state index >= 15 is 0 Å². The molecule has 0 saturated carbocycles. The average Bonchev–Trinajstić information content (AvgIpc) is 3.04. The fourth-order valence-corrected chi connectivity index (χ4v) is 5.89. The van der Waals surface area contributed by atoms with E-state index in [9.17, 15) is 13.2 Å². The van der Waals surface area contributed by atoms with Gasteiger partial charge in [-0.05, 0) is 31.2 Å². The monoisotopic (exact) mass is 418 g/mol. The molecule has 0 radical (unpaired) electrons. The first-order valence-corrected chi connectivity index (χ1v) is 10.6. The van der Waals surface area contributed by atoms with Crippen molar-refractivity contribution in [2.75, 3.05) is 26.2 Å². The predicted octanol–water partition coefficient (Wildman–Crippen LogP) is 3.51. The molecule has 2 aromatic rings. The summed E-state index contributed by atoms with van der Waals surface area (Å²) in [7, 11) is -3.50. The van der Waals surface area contributed by atoms with Crippen LogP contribution in [0.3, 0.4) is 0 Å². The van der Waals surface area contributed by atoms with Crippen LogP contribution in [0.4, 0.5) is 0 Å². The van der Waals surface area contributed by atoms with Crippen molar-refractivity contribution < 1.29 is 13.2 Å². The van der Waals surface area contributed by atoms with Gasteiger partial charge in [0.2, 0.25) is 0 Å². The number of rotatable bonds is 3. The summed E-state index contributed by atoms with van der Waals surface area (Å²) in [6, 6.07) is 8.32. The lowest BCUT2D eigenvalue weighted by molar-refractivity contribution is 0.0698. The van der Waals surface area contributed by atoms with Crippen LogP contribution in [0, 0.1) is 6.92 Å². The van der Waals surface area contributed by atoms with E-state index in [4.69, 9.17) is 23.2 Å². The molecule has 1 saturated heterocycles. The number of hydrogen-bond donors (Lipinski definition) is 0. The normalized spacial score (nSPS) is 16.2. The van der Waals surface area contributed by atoms with E-state index in [1.54, 1.807) is 35.2 Å². The van der Waals surface area contributed by atoms with Crippen molar-refractivity contribution >= 4 is 50.5 Å². The maximum Gasteiger partial charge on any atom is 0.255 e. The highest BCUT2D eigenvalue weighted by Crippen LogP contribution is 2.28. The highest BCUT2D eigenvalue weighted by atomic mass is 35.5. The first kappa shape index (κ1) is 18.7. The molecular weight excluding hydrogens is 403 g/mol. The third-order valence-corrected chi connectivity index (χ3v) is 8.20. The molecule has 1 fully saturated rings. The van der Waals surface area contributed by atoms with Gasteiger partial charge in [-0.25, -0.2) is 8.42 Å². The van der Waals surface area contributed by atoms with Crippen molar-refractivity contribution in [3.8, 4) is 0 Å². The quantitative estimate of drug-likeness (QED) is 0.765. The summed E-state index contributed by atoms with van der Waals surface area (Å²) in [6.45, 7) is 3.00.